The van der Waals surface area contributed by atoms with Crippen molar-refractivity contribution in [2.45, 2.75) is 12.1 Å². The average Bonchev–Trinajstić information content (AvgIpc) is 3.44. The molecule has 0 bridgehead atoms. The molecule has 6 nitrogen and oxygen atoms in total. The maximum Gasteiger partial charge on any atom is 0.240 e. The zero-order valence-electron chi connectivity index (χ0n) is 21.0. The van der Waals surface area contributed by atoms with Gasteiger partial charge in [0.25, 0.3) is 0 Å². The van der Waals surface area contributed by atoms with Crippen LogP contribution < -0.4 is 9.64 Å². The van der Waals surface area contributed by atoms with E-state index >= 15 is 0 Å². The number of methoxy groups -OCH3 is 1. The number of amides is 2. The molecule has 0 aliphatic carbocycles. The molecule has 4 atom stereocenters. The van der Waals surface area contributed by atoms with E-state index in [-0.39, 0.29) is 17.6 Å². The molecule has 0 unspecified atom stereocenters. The molecule has 2 amide bonds. The van der Waals surface area contributed by atoms with E-state index in [0.717, 1.165) is 21.9 Å². The van der Waals surface area contributed by atoms with Crippen molar-refractivity contribution < 1.29 is 19.1 Å². The van der Waals surface area contributed by atoms with Crippen molar-refractivity contribution in [3.63, 3.8) is 0 Å². The van der Waals surface area contributed by atoms with Crippen molar-refractivity contribution in [3.8, 4) is 5.75 Å². The number of imide groups is 1. The van der Waals surface area contributed by atoms with E-state index in [4.69, 9.17) is 4.74 Å². The second-order valence-electron chi connectivity index (χ2n) is 10.1. The molecule has 4 aromatic carbocycles. The molecule has 3 heterocycles. The van der Waals surface area contributed by atoms with Gasteiger partial charge >= 0.3 is 0 Å². The molecule has 192 valence electrons. The van der Waals surface area contributed by atoms with Crippen molar-refractivity contribution >= 4 is 56.1 Å². The predicted molar refractivity (Wildman–Crippen MR) is 152 cm³/mol. The Hall–Kier alpha value is -4.23. The SMILES string of the molecule is COc1ccc(C(=O)[C@H]2[C@H]3C(=O)N(c4ccc5ccccc5c4)C(=O)[C@@H]3[C@H]3c4ccccc4C=CN32)cc1Br. The molecule has 3 aliphatic heterocycles. The molecular weight excluding hydrogens is 556 g/mol. The highest BCUT2D eigenvalue weighted by Gasteiger charge is 2.64. The summed E-state index contributed by atoms with van der Waals surface area (Å²) in [5.74, 6) is -1.72. The number of Topliss-reactive ketones (excluding diaryl/α,β-unsaturated/α-hetero) is 1. The van der Waals surface area contributed by atoms with Gasteiger partial charge in [0.1, 0.15) is 11.8 Å². The van der Waals surface area contributed by atoms with Gasteiger partial charge in [0.2, 0.25) is 11.8 Å². The van der Waals surface area contributed by atoms with E-state index in [2.05, 4.69) is 15.9 Å². The fraction of sp³-hybridized carbons (Fsp3) is 0.156. The number of anilines is 1. The van der Waals surface area contributed by atoms with Crippen molar-refractivity contribution in [2.75, 3.05) is 12.0 Å². The van der Waals surface area contributed by atoms with Gasteiger partial charge in [-0.15, -0.1) is 0 Å². The molecule has 4 aromatic rings. The van der Waals surface area contributed by atoms with Crippen LogP contribution in [0, 0.1) is 11.8 Å². The number of hydrogen-bond acceptors (Lipinski definition) is 5. The molecule has 0 spiro atoms. The normalized spacial score (nSPS) is 23.1. The highest BCUT2D eigenvalue weighted by Crippen LogP contribution is 2.54. The Balaban J connectivity index is 1.36. The van der Waals surface area contributed by atoms with Gasteiger partial charge in [-0.2, -0.15) is 0 Å². The van der Waals surface area contributed by atoms with E-state index in [9.17, 15) is 14.4 Å². The van der Waals surface area contributed by atoms with E-state index in [0.29, 0.717) is 21.5 Å². The number of benzene rings is 4. The van der Waals surface area contributed by atoms with Crippen LogP contribution >= 0.6 is 15.9 Å². The Morgan fingerprint density at radius 3 is 2.38 bits per heavy atom. The number of nitrogens with zero attached hydrogens (tertiary/aromatic N) is 2. The number of ether oxygens (including phenoxy) is 1. The first-order chi connectivity index (χ1) is 19.0. The third-order valence-corrected chi connectivity index (χ3v) is 8.78. The lowest BCUT2D eigenvalue weighted by molar-refractivity contribution is -0.123. The zero-order valence-corrected chi connectivity index (χ0v) is 22.5. The maximum atomic E-state index is 14.2. The Labute approximate surface area is 233 Å². The van der Waals surface area contributed by atoms with Crippen LogP contribution in [0.5, 0.6) is 5.75 Å². The highest BCUT2D eigenvalue weighted by molar-refractivity contribution is 9.10. The van der Waals surface area contributed by atoms with Crippen LogP contribution in [-0.2, 0) is 9.59 Å². The molecule has 3 aliphatic rings. The molecule has 7 rings (SSSR count). The van der Waals surface area contributed by atoms with Crippen molar-refractivity contribution in [2.24, 2.45) is 11.8 Å². The standard InChI is InChI=1S/C32H23BrN2O4/c1-39-25-13-11-21(17-24(25)33)30(36)29-27-26(28-23-9-5-4-7-19(23)14-15-34(28)29)31(37)35(32(27)38)22-12-10-18-6-2-3-8-20(18)16-22/h2-17,26-29H,1H3/t26-,27-,28+,29+/m0/s1. The molecule has 2 saturated heterocycles. The van der Waals surface area contributed by atoms with Gasteiger partial charge in [-0.1, -0.05) is 54.6 Å². The number of carbonyl (C=O) groups is 3. The summed E-state index contributed by atoms with van der Waals surface area (Å²) in [6.07, 6.45) is 3.82. The molecule has 0 saturated carbocycles. The number of rotatable bonds is 4. The Bertz CT molecular complexity index is 1730. The van der Waals surface area contributed by atoms with E-state index < -0.39 is 23.9 Å². The van der Waals surface area contributed by atoms with Gasteiger partial charge < -0.3 is 9.64 Å². The van der Waals surface area contributed by atoms with Crippen LogP contribution in [0.3, 0.4) is 0 Å². The Morgan fingerprint density at radius 1 is 0.846 bits per heavy atom. The van der Waals surface area contributed by atoms with Crippen LogP contribution in [0.1, 0.15) is 27.5 Å². The second-order valence-corrected chi connectivity index (χ2v) is 10.9. The minimum atomic E-state index is -0.827. The molecule has 0 aromatic heterocycles. The van der Waals surface area contributed by atoms with Gasteiger partial charge in [-0.3, -0.25) is 14.4 Å². The molecular formula is C32H23BrN2O4. The van der Waals surface area contributed by atoms with Crippen molar-refractivity contribution in [3.05, 3.63) is 112 Å². The van der Waals surface area contributed by atoms with Gasteiger partial charge in [-0.25, -0.2) is 4.90 Å². The lowest BCUT2D eigenvalue weighted by Crippen LogP contribution is -2.44. The molecule has 2 fully saturated rings. The number of halogens is 1. The highest BCUT2D eigenvalue weighted by atomic mass is 79.9. The first-order valence-electron chi connectivity index (χ1n) is 12.8. The summed E-state index contributed by atoms with van der Waals surface area (Å²) in [4.78, 5) is 45.7. The van der Waals surface area contributed by atoms with Gasteiger partial charge in [-0.05, 0) is 74.2 Å². The molecule has 39 heavy (non-hydrogen) atoms. The number of hydrogen-bond donors (Lipinski definition) is 0. The first-order valence-corrected chi connectivity index (χ1v) is 13.6. The van der Waals surface area contributed by atoms with Crippen molar-refractivity contribution in [1.82, 2.24) is 4.90 Å². The maximum absolute atomic E-state index is 14.2. The average molecular weight is 579 g/mol. The predicted octanol–water partition coefficient (Wildman–Crippen LogP) is 6.01. The lowest BCUT2D eigenvalue weighted by Gasteiger charge is -2.35. The smallest absolute Gasteiger partial charge is 0.240 e. The number of fused-ring (bicyclic) bond motifs is 6. The molecule has 7 heteroatoms. The topological polar surface area (TPSA) is 66.9 Å². The fourth-order valence-corrected chi connectivity index (χ4v) is 6.96. The Morgan fingerprint density at radius 2 is 1.59 bits per heavy atom. The summed E-state index contributed by atoms with van der Waals surface area (Å²) in [6, 6.07) is 25.2. The first kappa shape index (κ1) is 23.9. The summed E-state index contributed by atoms with van der Waals surface area (Å²) < 4.78 is 5.99. The van der Waals surface area contributed by atoms with Gasteiger partial charge in [0, 0.05) is 11.8 Å². The quantitative estimate of drug-likeness (QED) is 0.219. The molecule has 0 N–H and O–H groups in total. The number of carbonyl (C=O) groups excluding carboxylic acids is 3. The minimum absolute atomic E-state index is 0.207. The summed E-state index contributed by atoms with van der Waals surface area (Å²) in [5, 5.41) is 1.96. The zero-order chi connectivity index (χ0) is 26.8. The summed E-state index contributed by atoms with van der Waals surface area (Å²) >= 11 is 3.48. The fourth-order valence-electron chi connectivity index (χ4n) is 6.42. The Kier molecular flexibility index (Phi) is 5.45. The van der Waals surface area contributed by atoms with Gasteiger partial charge in [0.15, 0.2) is 5.78 Å². The van der Waals surface area contributed by atoms with Crippen molar-refractivity contribution in [1.29, 1.82) is 0 Å². The monoisotopic (exact) mass is 578 g/mol. The van der Waals surface area contributed by atoms with Crippen LogP contribution in [0.4, 0.5) is 5.69 Å². The second kappa shape index (κ2) is 8.92. The molecule has 0 radical (unpaired) electrons. The van der Waals surface area contributed by atoms with Gasteiger partial charge in [0.05, 0.1) is 35.1 Å². The van der Waals surface area contributed by atoms with Crippen LogP contribution in [0.25, 0.3) is 16.8 Å². The largest absolute Gasteiger partial charge is 0.496 e. The lowest BCUT2D eigenvalue weighted by atomic mass is 9.83. The van der Waals surface area contributed by atoms with Crippen LogP contribution in [0.15, 0.2) is 95.6 Å². The summed E-state index contributed by atoms with van der Waals surface area (Å²) in [7, 11) is 1.56. The summed E-state index contributed by atoms with van der Waals surface area (Å²) in [5.41, 5.74) is 2.91. The van der Waals surface area contributed by atoms with E-state index in [1.807, 2.05) is 83.9 Å². The van der Waals surface area contributed by atoms with E-state index in [1.54, 1.807) is 25.3 Å². The van der Waals surface area contributed by atoms with Crippen LogP contribution in [0.2, 0.25) is 0 Å². The summed E-state index contributed by atoms with van der Waals surface area (Å²) in [6.45, 7) is 0. The minimum Gasteiger partial charge on any atom is -0.496 e. The van der Waals surface area contributed by atoms with E-state index in [1.165, 1.54) is 4.90 Å². The van der Waals surface area contributed by atoms with Crippen LogP contribution in [-0.4, -0.2) is 35.6 Å². The number of ketones is 1. The third kappa shape index (κ3) is 3.49. The third-order valence-electron chi connectivity index (χ3n) is 8.16.